The molecule has 1 saturated carbocycles. The quantitative estimate of drug-likeness (QED) is 0.775. The van der Waals surface area contributed by atoms with Crippen molar-refractivity contribution >= 4 is 11.8 Å². The highest BCUT2D eigenvalue weighted by molar-refractivity contribution is 8.00. The van der Waals surface area contributed by atoms with Gasteiger partial charge in [0.15, 0.2) is 0 Å². The monoisotopic (exact) mass is 214 g/mol. The molecule has 0 radical (unpaired) electrons. The molecule has 0 aromatic rings. The molecule has 2 atom stereocenters. The smallest absolute Gasteiger partial charge is 0.0167 e. The average molecular weight is 214 g/mol. The topological polar surface area (TPSA) is 29.3 Å². The second kappa shape index (κ2) is 4.03. The van der Waals surface area contributed by atoms with E-state index in [1.165, 1.54) is 38.9 Å². The minimum atomic E-state index is 0.233. The summed E-state index contributed by atoms with van der Waals surface area (Å²) in [6, 6.07) is 0. The minimum absolute atomic E-state index is 0.233. The van der Waals surface area contributed by atoms with Gasteiger partial charge in [0.2, 0.25) is 0 Å². The van der Waals surface area contributed by atoms with Gasteiger partial charge in [-0.15, -0.1) is 0 Å². The molecule has 2 nitrogen and oxygen atoms in total. The molecule has 1 heterocycles. The SMILES string of the molecule is CC1CN(CCC2(N)CC2)CC(C)S1. The summed E-state index contributed by atoms with van der Waals surface area (Å²) in [5.41, 5.74) is 6.33. The third kappa shape index (κ3) is 2.88. The molecule has 82 valence electrons. The molecule has 0 aromatic carbocycles. The number of rotatable bonds is 3. The molecule has 0 spiro atoms. The first-order chi connectivity index (χ1) is 6.57. The van der Waals surface area contributed by atoms with Crippen molar-refractivity contribution in [1.82, 2.24) is 4.90 Å². The van der Waals surface area contributed by atoms with E-state index in [0.717, 1.165) is 10.5 Å². The summed E-state index contributed by atoms with van der Waals surface area (Å²) in [6.07, 6.45) is 3.71. The lowest BCUT2D eigenvalue weighted by Gasteiger charge is -2.35. The molecule has 3 heteroatoms. The average Bonchev–Trinajstić information content (AvgIpc) is 2.80. The molecule has 1 saturated heterocycles. The van der Waals surface area contributed by atoms with Crippen LogP contribution in [-0.2, 0) is 0 Å². The van der Waals surface area contributed by atoms with Crippen molar-refractivity contribution in [3.8, 4) is 0 Å². The van der Waals surface area contributed by atoms with Gasteiger partial charge in [0.25, 0.3) is 0 Å². The van der Waals surface area contributed by atoms with Gasteiger partial charge in [0.1, 0.15) is 0 Å². The van der Waals surface area contributed by atoms with Crippen LogP contribution in [0.2, 0.25) is 0 Å². The first kappa shape index (κ1) is 10.8. The Morgan fingerprint density at radius 2 is 1.86 bits per heavy atom. The van der Waals surface area contributed by atoms with Crippen LogP contribution < -0.4 is 5.73 Å². The van der Waals surface area contributed by atoms with E-state index in [0.29, 0.717) is 0 Å². The zero-order chi connectivity index (χ0) is 10.2. The molecule has 2 aliphatic rings. The van der Waals surface area contributed by atoms with Crippen molar-refractivity contribution in [2.24, 2.45) is 5.73 Å². The van der Waals surface area contributed by atoms with Gasteiger partial charge in [-0.05, 0) is 25.8 Å². The Morgan fingerprint density at radius 3 is 2.36 bits per heavy atom. The molecular formula is C11H22N2S. The molecule has 0 amide bonds. The summed E-state index contributed by atoms with van der Waals surface area (Å²) in [5.74, 6) is 0. The molecule has 2 fully saturated rings. The Morgan fingerprint density at radius 1 is 1.29 bits per heavy atom. The summed E-state index contributed by atoms with van der Waals surface area (Å²) >= 11 is 2.12. The number of hydrogen-bond donors (Lipinski definition) is 1. The van der Waals surface area contributed by atoms with E-state index in [9.17, 15) is 0 Å². The predicted octanol–water partition coefficient (Wildman–Crippen LogP) is 1.69. The van der Waals surface area contributed by atoms with Gasteiger partial charge in [-0.3, -0.25) is 0 Å². The van der Waals surface area contributed by atoms with Gasteiger partial charge in [0.05, 0.1) is 0 Å². The zero-order valence-electron chi connectivity index (χ0n) is 9.33. The Labute approximate surface area is 91.6 Å². The Bertz CT molecular complexity index is 193. The van der Waals surface area contributed by atoms with Crippen LogP contribution in [-0.4, -0.2) is 40.6 Å². The van der Waals surface area contributed by atoms with Crippen molar-refractivity contribution < 1.29 is 0 Å². The van der Waals surface area contributed by atoms with Crippen LogP contribution in [0, 0.1) is 0 Å². The molecule has 0 aromatic heterocycles. The standard InChI is InChI=1S/C11H22N2S/c1-9-7-13(8-10(2)14-9)6-5-11(12)3-4-11/h9-10H,3-8,12H2,1-2H3. The second-order valence-corrected chi connectivity index (χ2v) is 7.01. The van der Waals surface area contributed by atoms with E-state index in [-0.39, 0.29) is 5.54 Å². The van der Waals surface area contributed by atoms with Crippen molar-refractivity contribution in [2.75, 3.05) is 19.6 Å². The fourth-order valence-corrected chi connectivity index (χ4v) is 3.65. The van der Waals surface area contributed by atoms with Crippen LogP contribution in [0.3, 0.4) is 0 Å². The molecule has 14 heavy (non-hydrogen) atoms. The highest BCUT2D eigenvalue weighted by atomic mass is 32.2. The molecule has 0 bridgehead atoms. The zero-order valence-corrected chi connectivity index (χ0v) is 10.1. The van der Waals surface area contributed by atoms with Gasteiger partial charge in [-0.1, -0.05) is 13.8 Å². The highest BCUT2D eigenvalue weighted by Gasteiger charge is 2.38. The van der Waals surface area contributed by atoms with Crippen molar-refractivity contribution in [1.29, 1.82) is 0 Å². The fourth-order valence-electron chi connectivity index (χ4n) is 2.26. The van der Waals surface area contributed by atoms with Crippen molar-refractivity contribution in [3.63, 3.8) is 0 Å². The number of thioether (sulfide) groups is 1. The fraction of sp³-hybridized carbons (Fsp3) is 1.00. The van der Waals surface area contributed by atoms with E-state index < -0.39 is 0 Å². The van der Waals surface area contributed by atoms with E-state index in [1.54, 1.807) is 0 Å². The van der Waals surface area contributed by atoms with Crippen LogP contribution in [0.15, 0.2) is 0 Å². The third-order valence-corrected chi connectivity index (χ3v) is 4.54. The molecule has 1 aliphatic heterocycles. The normalized spacial score (nSPS) is 37.1. The van der Waals surface area contributed by atoms with Gasteiger partial charge >= 0.3 is 0 Å². The van der Waals surface area contributed by atoms with E-state index >= 15 is 0 Å². The largest absolute Gasteiger partial charge is 0.325 e. The van der Waals surface area contributed by atoms with Crippen LogP contribution in [0.4, 0.5) is 0 Å². The molecular weight excluding hydrogens is 192 g/mol. The minimum Gasteiger partial charge on any atom is -0.325 e. The molecule has 2 N–H and O–H groups in total. The van der Waals surface area contributed by atoms with Gasteiger partial charge < -0.3 is 10.6 Å². The van der Waals surface area contributed by atoms with Crippen LogP contribution in [0.1, 0.15) is 33.1 Å². The summed E-state index contributed by atoms with van der Waals surface area (Å²) < 4.78 is 0. The number of nitrogens with zero attached hydrogens (tertiary/aromatic N) is 1. The van der Waals surface area contributed by atoms with Crippen molar-refractivity contribution in [3.05, 3.63) is 0 Å². The maximum atomic E-state index is 6.10. The van der Waals surface area contributed by atoms with Crippen LogP contribution in [0.5, 0.6) is 0 Å². The maximum Gasteiger partial charge on any atom is 0.0167 e. The number of nitrogens with two attached hydrogens (primary N) is 1. The Hall–Kier alpha value is 0.270. The summed E-state index contributed by atoms with van der Waals surface area (Å²) in [5, 5.41) is 1.60. The summed E-state index contributed by atoms with van der Waals surface area (Å²) in [6.45, 7) is 8.40. The van der Waals surface area contributed by atoms with Gasteiger partial charge in [-0.2, -0.15) is 11.8 Å². The van der Waals surface area contributed by atoms with Gasteiger partial charge in [-0.25, -0.2) is 0 Å². The van der Waals surface area contributed by atoms with Crippen molar-refractivity contribution in [2.45, 2.75) is 49.1 Å². The third-order valence-electron chi connectivity index (χ3n) is 3.31. The maximum absolute atomic E-state index is 6.10. The second-order valence-electron chi connectivity index (χ2n) is 5.13. The van der Waals surface area contributed by atoms with E-state index in [4.69, 9.17) is 5.73 Å². The first-order valence-corrected chi connectivity index (χ1v) is 6.68. The lowest BCUT2D eigenvalue weighted by Crippen LogP contribution is -2.42. The molecule has 2 unspecified atom stereocenters. The number of hydrogen-bond acceptors (Lipinski definition) is 3. The van der Waals surface area contributed by atoms with Crippen LogP contribution in [0.25, 0.3) is 0 Å². The lowest BCUT2D eigenvalue weighted by atomic mass is 10.2. The Kier molecular flexibility index (Phi) is 3.10. The van der Waals surface area contributed by atoms with E-state index in [2.05, 4.69) is 30.5 Å². The highest BCUT2D eigenvalue weighted by Crippen LogP contribution is 2.36. The summed E-state index contributed by atoms with van der Waals surface area (Å²) in [4.78, 5) is 2.60. The molecule has 1 aliphatic carbocycles. The predicted molar refractivity (Wildman–Crippen MR) is 63.7 cm³/mol. The summed E-state index contributed by atoms with van der Waals surface area (Å²) in [7, 11) is 0. The van der Waals surface area contributed by atoms with E-state index in [1.807, 2.05) is 0 Å². The lowest BCUT2D eigenvalue weighted by molar-refractivity contribution is 0.257. The van der Waals surface area contributed by atoms with Crippen LogP contribution >= 0.6 is 11.8 Å². The van der Waals surface area contributed by atoms with Gasteiger partial charge in [0, 0.05) is 29.1 Å². The molecule has 2 rings (SSSR count). The first-order valence-electron chi connectivity index (χ1n) is 5.74. The Balaban J connectivity index is 1.74.